The molecule has 0 unspecified atom stereocenters. The number of hydrogen-bond donors (Lipinski definition) is 3. The highest BCUT2D eigenvalue weighted by Crippen LogP contribution is 2.28. The Morgan fingerprint density at radius 2 is 2.13 bits per heavy atom. The van der Waals surface area contributed by atoms with E-state index < -0.39 is 5.97 Å². The first-order chi connectivity index (χ1) is 15.0. The van der Waals surface area contributed by atoms with Gasteiger partial charge in [0, 0.05) is 12.1 Å². The second-order valence-corrected chi connectivity index (χ2v) is 7.06. The lowest BCUT2D eigenvalue weighted by Crippen LogP contribution is -2.21. The molecule has 3 rings (SSSR count). The van der Waals surface area contributed by atoms with Gasteiger partial charge in [-0.3, -0.25) is 9.48 Å². The highest BCUT2D eigenvalue weighted by Gasteiger charge is 2.19. The van der Waals surface area contributed by atoms with Gasteiger partial charge in [0.1, 0.15) is 16.8 Å². The zero-order valence-corrected chi connectivity index (χ0v) is 18.0. The van der Waals surface area contributed by atoms with Crippen molar-refractivity contribution in [3.05, 3.63) is 35.0 Å². The Kier molecular flexibility index (Phi) is 7.37. The summed E-state index contributed by atoms with van der Waals surface area (Å²) in [4.78, 5) is 20.4. The summed E-state index contributed by atoms with van der Waals surface area (Å²) in [5.41, 5.74) is 8.96. The number of unbranched alkanes of at least 4 members (excludes halogenated alkanes) is 1. The topological polar surface area (TPSA) is 137 Å². The van der Waals surface area contributed by atoms with E-state index in [0.29, 0.717) is 41.4 Å². The minimum atomic E-state index is -0.613. The van der Waals surface area contributed by atoms with Crippen molar-refractivity contribution >= 4 is 22.8 Å². The molecule has 0 radical (unpaired) electrons. The number of aliphatic hydroxyl groups excluding tert-OH is 1. The lowest BCUT2D eigenvalue weighted by Gasteiger charge is -2.13. The number of hydrogen-bond acceptors (Lipinski definition) is 9. The Morgan fingerprint density at radius 1 is 1.32 bits per heavy atom. The first-order valence-corrected chi connectivity index (χ1v) is 10.2. The number of nitrogens with two attached hydrogens (primary N) is 1. The monoisotopic (exact) mass is 428 g/mol. The highest BCUT2D eigenvalue weighted by molar-refractivity contribution is 5.88. The molecule has 0 saturated heterocycles. The normalized spacial score (nSPS) is 11.0. The van der Waals surface area contributed by atoms with Crippen LogP contribution in [0.2, 0.25) is 0 Å². The first kappa shape index (κ1) is 22.4. The van der Waals surface area contributed by atoms with E-state index in [-0.39, 0.29) is 19.2 Å². The highest BCUT2D eigenvalue weighted by atomic mass is 16.5. The van der Waals surface area contributed by atoms with Gasteiger partial charge in [0.25, 0.3) is 0 Å². The standard InChI is InChI=1S/C21H28N6O4/c1-4-5-8-23-20-19-18(24-21(25-20)31-17(29)10-22)13(2)26-27(19)11-15-7-6-14(12-28)9-16(15)30-3/h6-7,9,28H,4-5,8,10-12,22H2,1-3H3,(H,23,24,25). The smallest absolute Gasteiger partial charge is 0.327 e. The second kappa shape index (κ2) is 10.2. The molecule has 31 heavy (non-hydrogen) atoms. The lowest BCUT2D eigenvalue weighted by atomic mass is 10.1. The number of benzene rings is 1. The van der Waals surface area contributed by atoms with Crippen LogP contribution < -0.4 is 20.5 Å². The maximum Gasteiger partial charge on any atom is 0.327 e. The van der Waals surface area contributed by atoms with Crippen LogP contribution in [0.5, 0.6) is 11.8 Å². The van der Waals surface area contributed by atoms with E-state index in [9.17, 15) is 9.90 Å². The predicted molar refractivity (Wildman–Crippen MR) is 116 cm³/mol. The summed E-state index contributed by atoms with van der Waals surface area (Å²) in [6.45, 7) is 4.72. The number of esters is 1. The van der Waals surface area contributed by atoms with Gasteiger partial charge < -0.3 is 25.6 Å². The summed E-state index contributed by atoms with van der Waals surface area (Å²) >= 11 is 0. The SMILES string of the molecule is CCCCNc1nc(OC(=O)CN)nc2c(C)nn(Cc3ccc(CO)cc3OC)c12. The molecule has 0 atom stereocenters. The summed E-state index contributed by atoms with van der Waals surface area (Å²) in [5, 5.41) is 17.3. The maximum atomic E-state index is 11.6. The molecular weight excluding hydrogens is 400 g/mol. The molecule has 10 nitrogen and oxygen atoms in total. The van der Waals surface area contributed by atoms with Crippen LogP contribution in [0.25, 0.3) is 11.0 Å². The molecule has 0 bridgehead atoms. The third kappa shape index (κ3) is 5.09. The van der Waals surface area contributed by atoms with Gasteiger partial charge in [0.15, 0.2) is 5.82 Å². The van der Waals surface area contributed by atoms with Gasteiger partial charge >= 0.3 is 12.0 Å². The molecule has 4 N–H and O–H groups in total. The van der Waals surface area contributed by atoms with Crippen molar-refractivity contribution in [2.75, 3.05) is 25.5 Å². The summed E-state index contributed by atoms with van der Waals surface area (Å²) in [6, 6.07) is 5.48. The summed E-state index contributed by atoms with van der Waals surface area (Å²) < 4.78 is 12.4. The molecular formula is C21H28N6O4. The third-order valence-corrected chi connectivity index (χ3v) is 4.78. The number of carbonyl (C=O) groups excluding carboxylic acids is 1. The lowest BCUT2D eigenvalue weighted by molar-refractivity contribution is -0.133. The Morgan fingerprint density at radius 3 is 2.81 bits per heavy atom. The molecule has 0 aliphatic rings. The summed E-state index contributed by atoms with van der Waals surface area (Å²) in [5.74, 6) is 0.574. The predicted octanol–water partition coefficient (Wildman–Crippen LogP) is 1.76. The van der Waals surface area contributed by atoms with Crippen molar-refractivity contribution in [3.8, 4) is 11.8 Å². The van der Waals surface area contributed by atoms with Crippen LogP contribution in [-0.4, -0.2) is 51.0 Å². The van der Waals surface area contributed by atoms with Crippen LogP contribution >= 0.6 is 0 Å². The molecule has 0 saturated carbocycles. The number of nitrogens with zero attached hydrogens (tertiary/aromatic N) is 4. The van der Waals surface area contributed by atoms with Crippen molar-refractivity contribution in [1.29, 1.82) is 0 Å². The number of ether oxygens (including phenoxy) is 2. The Bertz CT molecular complexity index is 1070. The van der Waals surface area contributed by atoms with E-state index in [0.717, 1.165) is 24.0 Å². The average Bonchev–Trinajstić information content (AvgIpc) is 3.09. The van der Waals surface area contributed by atoms with Gasteiger partial charge in [0.2, 0.25) is 0 Å². The summed E-state index contributed by atoms with van der Waals surface area (Å²) in [7, 11) is 1.59. The van der Waals surface area contributed by atoms with E-state index in [1.54, 1.807) is 17.9 Å². The van der Waals surface area contributed by atoms with Crippen LogP contribution in [0.4, 0.5) is 5.82 Å². The van der Waals surface area contributed by atoms with Crippen molar-refractivity contribution in [1.82, 2.24) is 19.7 Å². The van der Waals surface area contributed by atoms with Gasteiger partial charge in [-0.05, 0) is 25.0 Å². The van der Waals surface area contributed by atoms with Crippen LogP contribution in [0.1, 0.15) is 36.6 Å². The molecule has 1 aromatic carbocycles. The van der Waals surface area contributed by atoms with Crippen LogP contribution in [0.3, 0.4) is 0 Å². The molecule has 0 fully saturated rings. The molecule has 0 aliphatic carbocycles. The number of aliphatic hydroxyl groups is 1. The number of aromatic nitrogens is 4. The molecule has 2 heterocycles. The van der Waals surface area contributed by atoms with Crippen molar-refractivity contribution in [2.24, 2.45) is 5.73 Å². The minimum absolute atomic E-state index is 0.0607. The quantitative estimate of drug-likeness (QED) is 0.326. The molecule has 10 heteroatoms. The van der Waals surface area contributed by atoms with Crippen LogP contribution in [0.15, 0.2) is 18.2 Å². The Labute approximate surface area is 180 Å². The van der Waals surface area contributed by atoms with E-state index in [1.165, 1.54) is 0 Å². The minimum Gasteiger partial charge on any atom is -0.496 e. The Balaban J connectivity index is 2.06. The van der Waals surface area contributed by atoms with Crippen molar-refractivity contribution in [3.63, 3.8) is 0 Å². The largest absolute Gasteiger partial charge is 0.496 e. The zero-order chi connectivity index (χ0) is 22.4. The van der Waals surface area contributed by atoms with Gasteiger partial charge in [0.05, 0.1) is 32.5 Å². The fourth-order valence-electron chi connectivity index (χ4n) is 3.20. The van der Waals surface area contributed by atoms with Crippen molar-refractivity contribution in [2.45, 2.75) is 39.8 Å². The van der Waals surface area contributed by atoms with Gasteiger partial charge in [-0.2, -0.15) is 15.1 Å². The Hall–Kier alpha value is -3.24. The van der Waals surface area contributed by atoms with E-state index >= 15 is 0 Å². The zero-order valence-electron chi connectivity index (χ0n) is 18.0. The first-order valence-electron chi connectivity index (χ1n) is 10.2. The molecule has 0 spiro atoms. The second-order valence-electron chi connectivity index (χ2n) is 7.06. The number of nitrogens with one attached hydrogen (secondary N) is 1. The number of methoxy groups -OCH3 is 1. The van der Waals surface area contributed by atoms with Gasteiger partial charge in [-0.1, -0.05) is 25.5 Å². The number of carbonyl (C=O) groups is 1. The average molecular weight is 428 g/mol. The van der Waals surface area contributed by atoms with E-state index in [4.69, 9.17) is 15.2 Å². The number of rotatable bonds is 10. The number of anilines is 1. The maximum absolute atomic E-state index is 11.6. The molecule has 0 aliphatic heterocycles. The fourth-order valence-corrected chi connectivity index (χ4v) is 3.20. The fraction of sp³-hybridized carbons (Fsp3) is 0.429. The van der Waals surface area contributed by atoms with Crippen molar-refractivity contribution < 1.29 is 19.4 Å². The van der Waals surface area contributed by atoms with Gasteiger partial charge in [-0.25, -0.2) is 0 Å². The number of aryl methyl sites for hydroxylation is 1. The van der Waals surface area contributed by atoms with Gasteiger partial charge in [-0.15, -0.1) is 0 Å². The molecule has 3 aromatic rings. The van der Waals surface area contributed by atoms with Crippen LogP contribution in [-0.2, 0) is 17.9 Å². The number of fused-ring (bicyclic) bond motifs is 1. The molecule has 166 valence electrons. The third-order valence-electron chi connectivity index (χ3n) is 4.78. The van der Waals surface area contributed by atoms with E-state index in [1.807, 2.05) is 19.1 Å². The summed E-state index contributed by atoms with van der Waals surface area (Å²) in [6.07, 6.45) is 1.97. The molecule has 0 amide bonds. The van der Waals surface area contributed by atoms with Crippen LogP contribution in [0, 0.1) is 6.92 Å². The van der Waals surface area contributed by atoms with E-state index in [2.05, 4.69) is 27.3 Å². The molecule has 2 aromatic heterocycles.